The highest BCUT2D eigenvalue weighted by atomic mass is 35.6. The van der Waals surface area contributed by atoms with Gasteiger partial charge < -0.3 is 9.32 Å². The minimum absolute atomic E-state index is 0.607. The number of hydrogen-bond donors (Lipinski definition) is 1. The van der Waals surface area contributed by atoms with Crippen LogP contribution in [-0.4, -0.2) is 10.3 Å². The molecule has 0 atom stereocenters. The zero-order chi connectivity index (χ0) is 8.78. The lowest BCUT2D eigenvalue weighted by atomic mass is 10.2. The zero-order valence-corrected chi connectivity index (χ0v) is 7.44. The van der Waals surface area contributed by atoms with E-state index in [1.807, 2.05) is 0 Å². The summed E-state index contributed by atoms with van der Waals surface area (Å²) < 4.78 is 30.3. The molecule has 0 aromatic rings. The molecule has 4 nitrogen and oxygen atoms in total. The van der Waals surface area contributed by atoms with Crippen molar-refractivity contribution in [1.29, 1.82) is 0 Å². The molecule has 0 fully saturated rings. The van der Waals surface area contributed by atoms with Gasteiger partial charge in [0.25, 0.3) is 10.8 Å². The van der Waals surface area contributed by atoms with E-state index in [0.717, 1.165) is 0 Å². The molecule has 1 N–H and O–H groups in total. The SMILES string of the molecule is CC(C)(C)O[Cl+2]([O-])[O-].OCl. The largest absolute Gasteiger partial charge is 0.320 e. The molecule has 6 heteroatoms. The fourth-order valence-corrected chi connectivity index (χ4v) is 0.567. The second kappa shape index (κ2) is 6.15. The summed E-state index contributed by atoms with van der Waals surface area (Å²) >= 11 is 3.64. The minimum atomic E-state index is -2.08. The Morgan fingerprint density at radius 2 is 1.60 bits per heavy atom. The van der Waals surface area contributed by atoms with E-state index >= 15 is 0 Å². The van der Waals surface area contributed by atoms with Gasteiger partial charge in [0.05, 0.1) is 11.9 Å². The van der Waals surface area contributed by atoms with Crippen LogP contribution >= 0.6 is 11.9 Å². The Hall–Kier alpha value is 0.420. The van der Waals surface area contributed by atoms with Crippen LogP contribution in [-0.2, 0) is 4.29 Å². The molecule has 0 aliphatic rings. The van der Waals surface area contributed by atoms with Crippen LogP contribution in [0.15, 0.2) is 0 Å². The van der Waals surface area contributed by atoms with E-state index in [-0.39, 0.29) is 0 Å². The van der Waals surface area contributed by atoms with Gasteiger partial charge in [-0.15, -0.1) is 0 Å². The maximum absolute atomic E-state index is 9.76. The monoisotopic (exact) mass is 192 g/mol. The standard InChI is InChI=1S/C4H9ClO3.ClHO/c1-4(2,3)8-5(6)7;1-2/h1-3H3;2H. The Balaban J connectivity index is 0. The van der Waals surface area contributed by atoms with Gasteiger partial charge >= 0.3 is 0 Å². The van der Waals surface area contributed by atoms with Crippen LogP contribution in [0.2, 0.25) is 0 Å². The Bertz CT molecular complexity index is 70.1. The van der Waals surface area contributed by atoms with Crippen molar-refractivity contribution in [2.45, 2.75) is 26.4 Å². The van der Waals surface area contributed by atoms with E-state index < -0.39 is 16.4 Å². The van der Waals surface area contributed by atoms with Gasteiger partial charge in [0.1, 0.15) is 0 Å². The van der Waals surface area contributed by atoms with Crippen molar-refractivity contribution in [1.82, 2.24) is 0 Å². The van der Waals surface area contributed by atoms with Gasteiger partial charge in [-0.2, -0.15) is 0 Å². The van der Waals surface area contributed by atoms with Gasteiger partial charge in [0.15, 0.2) is 5.60 Å². The molecular formula is C4H10Cl2O4. The highest BCUT2D eigenvalue weighted by molar-refractivity contribution is 6.04. The van der Waals surface area contributed by atoms with E-state index in [4.69, 9.17) is 4.66 Å². The second-order valence-electron chi connectivity index (χ2n) is 2.38. The summed E-state index contributed by atoms with van der Waals surface area (Å²) in [5, 5.41) is 0. The fourth-order valence-electron chi connectivity index (χ4n) is 0.189. The smallest absolute Gasteiger partial charge is 0.286 e. The van der Waals surface area contributed by atoms with Crippen LogP contribution in [0.4, 0.5) is 0 Å². The van der Waals surface area contributed by atoms with Crippen molar-refractivity contribution in [3.8, 4) is 0 Å². The van der Waals surface area contributed by atoms with E-state index in [0.29, 0.717) is 0 Å². The third kappa shape index (κ3) is 15.8. The molecule has 0 saturated heterocycles. The predicted octanol–water partition coefficient (Wildman–Crippen LogP) is -0.980. The summed E-state index contributed by atoms with van der Waals surface area (Å²) in [7, 11) is -2.08. The third-order valence-corrected chi connectivity index (χ3v) is 0.883. The molecule has 0 heterocycles. The summed E-state index contributed by atoms with van der Waals surface area (Å²) in [5.74, 6) is 0. The lowest BCUT2D eigenvalue weighted by Crippen LogP contribution is -2.40. The molecule has 0 bridgehead atoms. The van der Waals surface area contributed by atoms with Crippen LogP contribution in [0.25, 0.3) is 0 Å². The van der Waals surface area contributed by atoms with Gasteiger partial charge in [-0.25, -0.2) is 0 Å². The molecule has 0 rings (SSSR count). The summed E-state index contributed by atoms with van der Waals surface area (Å²) in [6.45, 7) is 4.98. The van der Waals surface area contributed by atoms with Crippen LogP contribution in [0, 0.1) is 10.8 Å². The Morgan fingerprint density at radius 3 is 1.60 bits per heavy atom. The van der Waals surface area contributed by atoms with Gasteiger partial charge in [-0.3, -0.25) is 4.66 Å². The number of hydrogen-bond acceptors (Lipinski definition) is 4. The molecule has 0 spiro atoms. The molecule has 64 valence electrons. The van der Waals surface area contributed by atoms with E-state index in [1.165, 1.54) is 0 Å². The molecule has 0 saturated carbocycles. The molecule has 0 unspecified atom stereocenters. The van der Waals surface area contributed by atoms with Crippen molar-refractivity contribution in [2.24, 2.45) is 0 Å². The van der Waals surface area contributed by atoms with Gasteiger partial charge in [-0.1, -0.05) is 0 Å². The van der Waals surface area contributed by atoms with Gasteiger partial charge in [0.2, 0.25) is 0 Å². The molecule has 10 heavy (non-hydrogen) atoms. The van der Waals surface area contributed by atoms with Gasteiger partial charge in [-0.05, 0) is 20.8 Å². The first-order valence-corrected chi connectivity index (χ1v) is 3.60. The predicted molar refractivity (Wildman–Crippen MR) is 28.9 cm³/mol. The molecule has 0 amide bonds. The molecule has 0 radical (unpaired) electrons. The average Bonchev–Trinajstić information content (AvgIpc) is 1.64. The fraction of sp³-hybridized carbons (Fsp3) is 1.00. The second-order valence-corrected chi connectivity index (χ2v) is 2.91. The lowest BCUT2D eigenvalue weighted by molar-refractivity contribution is -1.63. The van der Waals surface area contributed by atoms with Crippen LogP contribution in [0.5, 0.6) is 0 Å². The zero-order valence-electron chi connectivity index (χ0n) is 5.93. The van der Waals surface area contributed by atoms with Crippen molar-refractivity contribution in [3.05, 3.63) is 0 Å². The molecule has 0 aromatic carbocycles. The van der Waals surface area contributed by atoms with Gasteiger partial charge in [0, 0.05) is 4.29 Å². The minimum Gasteiger partial charge on any atom is -0.320 e. The first-order chi connectivity index (χ1) is 4.42. The summed E-state index contributed by atoms with van der Waals surface area (Å²) in [5.41, 5.74) is -0.607. The van der Waals surface area contributed by atoms with E-state index in [2.05, 4.69) is 16.2 Å². The Labute approximate surface area is 67.9 Å². The highest BCUT2D eigenvalue weighted by Gasteiger charge is 2.24. The normalized spacial score (nSPS) is 10.8. The number of halogens is 2. The Kier molecular flexibility index (Phi) is 8.02. The molecular weight excluding hydrogens is 183 g/mol. The first-order valence-electron chi connectivity index (χ1n) is 2.34. The third-order valence-electron chi connectivity index (χ3n) is 0.294. The van der Waals surface area contributed by atoms with Crippen molar-refractivity contribution >= 4 is 11.9 Å². The van der Waals surface area contributed by atoms with Crippen molar-refractivity contribution in [2.75, 3.05) is 0 Å². The van der Waals surface area contributed by atoms with Crippen molar-refractivity contribution in [3.63, 3.8) is 0 Å². The topological polar surface area (TPSA) is 75.6 Å². The molecule has 0 aromatic heterocycles. The first kappa shape index (κ1) is 13.0. The quantitative estimate of drug-likeness (QED) is 0.580. The van der Waals surface area contributed by atoms with Crippen LogP contribution in [0.1, 0.15) is 20.8 Å². The number of rotatable bonds is 1. The average molecular weight is 193 g/mol. The summed E-state index contributed by atoms with van der Waals surface area (Å²) in [6.07, 6.45) is 0. The van der Waals surface area contributed by atoms with Crippen molar-refractivity contribution < 1.29 is 29.1 Å². The molecule has 0 aliphatic heterocycles. The van der Waals surface area contributed by atoms with Crippen LogP contribution in [0.3, 0.4) is 0 Å². The van der Waals surface area contributed by atoms with Crippen LogP contribution < -0.4 is 9.32 Å². The Morgan fingerprint density at radius 1 is 1.30 bits per heavy atom. The van der Waals surface area contributed by atoms with E-state index in [1.54, 1.807) is 20.8 Å². The lowest BCUT2D eigenvalue weighted by Gasteiger charge is -2.07. The maximum atomic E-state index is 9.76. The highest BCUT2D eigenvalue weighted by Crippen LogP contribution is 2.06. The van der Waals surface area contributed by atoms with E-state index in [9.17, 15) is 9.32 Å². The maximum Gasteiger partial charge on any atom is 0.286 e. The summed E-state index contributed by atoms with van der Waals surface area (Å²) in [4.78, 5) is 0. The molecule has 0 aliphatic carbocycles. The summed E-state index contributed by atoms with van der Waals surface area (Å²) in [6, 6.07) is 0.